The Kier molecular flexibility index (Phi) is 34.0. The van der Waals surface area contributed by atoms with Gasteiger partial charge in [-0.25, -0.2) is 0 Å². The predicted molar refractivity (Wildman–Crippen MR) is 170 cm³/mol. The number of unbranched alkanes of at least 4 members (excludes halogenated alkanes) is 21. The van der Waals surface area contributed by atoms with Crippen LogP contribution in [0.1, 0.15) is 175 Å². The fraction of sp³-hybridized carbons (Fsp3) is 0.941. The lowest BCUT2D eigenvalue weighted by Crippen LogP contribution is -2.23. The SMILES string of the molecule is CCCCCC=CSCC(COCCCCCCCCCCCC)OCCCCCCCCCCCC. The van der Waals surface area contributed by atoms with E-state index in [1.165, 1.54) is 154 Å². The summed E-state index contributed by atoms with van der Waals surface area (Å²) in [6.07, 6.45) is 35.2. The molecule has 1 unspecified atom stereocenters. The second-order valence-electron chi connectivity index (χ2n) is 11.1. The Labute approximate surface area is 238 Å². The molecular formula is C34H68O2S. The molecule has 0 aromatic rings. The van der Waals surface area contributed by atoms with E-state index in [2.05, 4.69) is 32.3 Å². The van der Waals surface area contributed by atoms with E-state index in [1.54, 1.807) is 0 Å². The molecule has 0 aliphatic heterocycles. The van der Waals surface area contributed by atoms with Gasteiger partial charge in [-0.05, 0) is 31.1 Å². The third kappa shape index (κ3) is 32.1. The summed E-state index contributed by atoms with van der Waals surface area (Å²) in [5.41, 5.74) is 0. The molecule has 37 heavy (non-hydrogen) atoms. The Morgan fingerprint density at radius 3 is 1.46 bits per heavy atom. The third-order valence-electron chi connectivity index (χ3n) is 7.25. The molecule has 0 aromatic heterocycles. The first-order chi connectivity index (χ1) is 18.3. The van der Waals surface area contributed by atoms with Crippen LogP contribution in [0.25, 0.3) is 0 Å². The maximum absolute atomic E-state index is 6.28. The van der Waals surface area contributed by atoms with Crippen molar-refractivity contribution in [2.75, 3.05) is 25.6 Å². The topological polar surface area (TPSA) is 18.5 Å². The molecule has 0 aliphatic carbocycles. The number of hydrogen-bond donors (Lipinski definition) is 0. The zero-order chi connectivity index (χ0) is 26.9. The average molecular weight is 541 g/mol. The van der Waals surface area contributed by atoms with E-state index >= 15 is 0 Å². The van der Waals surface area contributed by atoms with Crippen molar-refractivity contribution in [1.82, 2.24) is 0 Å². The van der Waals surface area contributed by atoms with Crippen LogP contribution in [0.4, 0.5) is 0 Å². The summed E-state index contributed by atoms with van der Waals surface area (Å²) >= 11 is 1.90. The molecule has 222 valence electrons. The molecule has 0 saturated carbocycles. The van der Waals surface area contributed by atoms with Gasteiger partial charge in [0.1, 0.15) is 0 Å². The summed E-state index contributed by atoms with van der Waals surface area (Å²) < 4.78 is 12.3. The zero-order valence-electron chi connectivity index (χ0n) is 25.8. The fourth-order valence-corrected chi connectivity index (χ4v) is 5.49. The Balaban J connectivity index is 3.86. The van der Waals surface area contributed by atoms with E-state index in [-0.39, 0.29) is 6.10 Å². The van der Waals surface area contributed by atoms with Crippen molar-refractivity contribution in [3.05, 3.63) is 11.5 Å². The standard InChI is InChI=1S/C34H68O2S/c1-4-7-10-13-15-17-19-21-23-26-29-35-32-34(33-37-31-28-25-12-9-6-3)36-30-27-24-22-20-18-16-14-11-8-5-2/h28,31,34H,4-27,29-30,32-33H2,1-3H3. The Hall–Kier alpha value is 0.01000. The van der Waals surface area contributed by atoms with Crippen molar-refractivity contribution in [3.63, 3.8) is 0 Å². The van der Waals surface area contributed by atoms with Gasteiger partial charge in [0.25, 0.3) is 0 Å². The van der Waals surface area contributed by atoms with Gasteiger partial charge in [0.2, 0.25) is 0 Å². The van der Waals surface area contributed by atoms with E-state index in [1.807, 2.05) is 11.8 Å². The highest BCUT2D eigenvalue weighted by atomic mass is 32.2. The predicted octanol–water partition coefficient (Wildman–Crippen LogP) is 12.1. The van der Waals surface area contributed by atoms with Gasteiger partial charge in [-0.15, -0.1) is 11.8 Å². The summed E-state index contributed by atoms with van der Waals surface area (Å²) in [5.74, 6) is 1.01. The molecule has 3 heteroatoms. The normalized spacial score (nSPS) is 12.6. The van der Waals surface area contributed by atoms with Gasteiger partial charge in [0, 0.05) is 19.0 Å². The van der Waals surface area contributed by atoms with Gasteiger partial charge < -0.3 is 9.47 Å². The lowest BCUT2D eigenvalue weighted by atomic mass is 10.1. The molecule has 0 amide bonds. The molecule has 0 bridgehead atoms. The molecule has 0 fully saturated rings. The monoisotopic (exact) mass is 540 g/mol. The smallest absolute Gasteiger partial charge is 0.0901 e. The molecule has 0 spiro atoms. The lowest BCUT2D eigenvalue weighted by molar-refractivity contribution is -0.00616. The summed E-state index contributed by atoms with van der Waals surface area (Å²) in [4.78, 5) is 0. The highest BCUT2D eigenvalue weighted by Crippen LogP contribution is 2.14. The second-order valence-corrected chi connectivity index (χ2v) is 12.1. The molecule has 0 aromatic carbocycles. The maximum atomic E-state index is 6.28. The van der Waals surface area contributed by atoms with Gasteiger partial charge in [0.15, 0.2) is 0 Å². The second kappa shape index (κ2) is 34.0. The third-order valence-corrected chi connectivity index (χ3v) is 8.20. The summed E-state index contributed by atoms with van der Waals surface area (Å²) in [5, 5.41) is 2.29. The van der Waals surface area contributed by atoms with Crippen LogP contribution in [-0.4, -0.2) is 31.7 Å². The highest BCUT2D eigenvalue weighted by molar-refractivity contribution is 8.02. The molecule has 0 N–H and O–H groups in total. The van der Waals surface area contributed by atoms with Gasteiger partial charge in [-0.2, -0.15) is 0 Å². The first-order valence-electron chi connectivity index (χ1n) is 16.8. The Morgan fingerprint density at radius 1 is 0.514 bits per heavy atom. The Bertz CT molecular complexity index is 426. The molecule has 0 aliphatic rings. The van der Waals surface area contributed by atoms with E-state index in [9.17, 15) is 0 Å². The average Bonchev–Trinajstić information content (AvgIpc) is 2.91. The van der Waals surface area contributed by atoms with Crippen molar-refractivity contribution in [3.8, 4) is 0 Å². The molecule has 0 heterocycles. The number of thioether (sulfide) groups is 1. The van der Waals surface area contributed by atoms with Crippen LogP contribution in [0.2, 0.25) is 0 Å². The van der Waals surface area contributed by atoms with Crippen LogP contribution in [0.15, 0.2) is 11.5 Å². The molecular weight excluding hydrogens is 472 g/mol. The minimum Gasteiger partial charge on any atom is -0.379 e. The van der Waals surface area contributed by atoms with Crippen molar-refractivity contribution in [1.29, 1.82) is 0 Å². The van der Waals surface area contributed by atoms with Crippen molar-refractivity contribution in [2.45, 2.75) is 181 Å². The van der Waals surface area contributed by atoms with Crippen LogP contribution < -0.4 is 0 Å². The van der Waals surface area contributed by atoms with Gasteiger partial charge in [-0.3, -0.25) is 0 Å². The molecule has 2 nitrogen and oxygen atoms in total. The maximum Gasteiger partial charge on any atom is 0.0901 e. The molecule has 0 radical (unpaired) electrons. The largest absolute Gasteiger partial charge is 0.379 e. The number of hydrogen-bond acceptors (Lipinski definition) is 3. The van der Waals surface area contributed by atoms with E-state index < -0.39 is 0 Å². The minimum absolute atomic E-state index is 0.229. The highest BCUT2D eigenvalue weighted by Gasteiger charge is 2.09. The van der Waals surface area contributed by atoms with Crippen LogP contribution in [0.3, 0.4) is 0 Å². The summed E-state index contributed by atoms with van der Waals surface area (Å²) in [6.45, 7) is 9.40. The number of allylic oxidation sites excluding steroid dienone is 1. The van der Waals surface area contributed by atoms with Crippen molar-refractivity contribution < 1.29 is 9.47 Å². The van der Waals surface area contributed by atoms with Gasteiger partial charge in [-0.1, -0.05) is 155 Å². The lowest BCUT2D eigenvalue weighted by Gasteiger charge is -2.17. The molecule has 0 saturated heterocycles. The summed E-state index contributed by atoms with van der Waals surface area (Å²) in [6, 6.07) is 0. The number of ether oxygens (including phenoxy) is 2. The van der Waals surface area contributed by atoms with Crippen molar-refractivity contribution in [2.24, 2.45) is 0 Å². The number of rotatable bonds is 32. The molecule has 0 rings (SSSR count). The van der Waals surface area contributed by atoms with Gasteiger partial charge in [0.05, 0.1) is 12.7 Å². The van der Waals surface area contributed by atoms with E-state index in [0.29, 0.717) is 0 Å². The van der Waals surface area contributed by atoms with Crippen LogP contribution >= 0.6 is 11.8 Å². The van der Waals surface area contributed by atoms with Crippen LogP contribution in [0, 0.1) is 0 Å². The van der Waals surface area contributed by atoms with Crippen molar-refractivity contribution >= 4 is 11.8 Å². The van der Waals surface area contributed by atoms with Crippen LogP contribution in [-0.2, 0) is 9.47 Å². The first kappa shape index (κ1) is 37.0. The fourth-order valence-electron chi connectivity index (χ4n) is 4.70. The van der Waals surface area contributed by atoms with E-state index in [0.717, 1.165) is 25.6 Å². The molecule has 1 atom stereocenters. The quantitative estimate of drug-likeness (QED) is 0.0790. The minimum atomic E-state index is 0.229. The first-order valence-corrected chi connectivity index (χ1v) is 17.9. The van der Waals surface area contributed by atoms with Crippen LogP contribution in [0.5, 0.6) is 0 Å². The van der Waals surface area contributed by atoms with E-state index in [4.69, 9.17) is 9.47 Å². The summed E-state index contributed by atoms with van der Waals surface area (Å²) in [7, 11) is 0. The zero-order valence-corrected chi connectivity index (χ0v) is 26.6. The Morgan fingerprint density at radius 2 is 0.946 bits per heavy atom. The van der Waals surface area contributed by atoms with Gasteiger partial charge >= 0.3 is 0 Å².